The summed E-state index contributed by atoms with van der Waals surface area (Å²) in [5, 5.41) is 3.79. The third kappa shape index (κ3) is 3.46. The Labute approximate surface area is 101 Å². The van der Waals surface area contributed by atoms with Crippen LogP contribution in [0.15, 0.2) is 0 Å². The Morgan fingerprint density at radius 2 is 1.75 bits per heavy atom. The van der Waals surface area contributed by atoms with E-state index in [0.717, 1.165) is 25.9 Å². The zero-order chi connectivity index (χ0) is 12.2. The lowest BCUT2D eigenvalue weighted by molar-refractivity contribution is -0.133. The molecule has 1 heterocycles. The molecule has 1 N–H and O–H groups in total. The van der Waals surface area contributed by atoms with Crippen molar-refractivity contribution in [3.63, 3.8) is 0 Å². The summed E-state index contributed by atoms with van der Waals surface area (Å²) in [7, 11) is 0. The normalized spacial score (nSPS) is 25.7. The van der Waals surface area contributed by atoms with Gasteiger partial charge >= 0.3 is 0 Å². The average molecular weight is 227 g/mol. The standard InChI is InChI=1S/C14H29NO/c1-6-9-14(10-7-2)15-12(8-11-16-14)13(3,4)5/h12,15H,6-11H2,1-5H3. The maximum absolute atomic E-state index is 6.06. The molecule has 1 atom stereocenters. The van der Waals surface area contributed by atoms with Crippen LogP contribution in [-0.2, 0) is 4.74 Å². The fourth-order valence-corrected chi connectivity index (χ4v) is 2.67. The van der Waals surface area contributed by atoms with Crippen LogP contribution in [-0.4, -0.2) is 18.4 Å². The van der Waals surface area contributed by atoms with Crippen LogP contribution in [0.25, 0.3) is 0 Å². The highest BCUT2D eigenvalue weighted by atomic mass is 16.5. The third-order valence-electron chi connectivity index (χ3n) is 3.58. The average Bonchev–Trinajstić information content (AvgIpc) is 2.17. The fourth-order valence-electron chi connectivity index (χ4n) is 2.67. The Balaban J connectivity index is 2.70. The van der Waals surface area contributed by atoms with Crippen molar-refractivity contribution in [2.45, 2.75) is 78.5 Å². The van der Waals surface area contributed by atoms with Gasteiger partial charge in [0.1, 0.15) is 5.72 Å². The van der Waals surface area contributed by atoms with Gasteiger partial charge in [-0.25, -0.2) is 0 Å². The van der Waals surface area contributed by atoms with Crippen LogP contribution >= 0.6 is 0 Å². The van der Waals surface area contributed by atoms with Gasteiger partial charge < -0.3 is 4.74 Å². The van der Waals surface area contributed by atoms with Gasteiger partial charge in [-0.15, -0.1) is 0 Å². The molecule has 1 aliphatic rings. The first kappa shape index (κ1) is 14.0. The predicted molar refractivity (Wildman–Crippen MR) is 69.5 cm³/mol. The molecule has 0 aliphatic carbocycles. The fraction of sp³-hybridized carbons (Fsp3) is 1.00. The van der Waals surface area contributed by atoms with Gasteiger partial charge in [0.05, 0.1) is 6.61 Å². The molecule has 0 radical (unpaired) electrons. The van der Waals surface area contributed by atoms with Crippen molar-refractivity contribution in [3.05, 3.63) is 0 Å². The molecule has 0 aromatic carbocycles. The first-order valence-corrected chi connectivity index (χ1v) is 6.85. The predicted octanol–water partition coefficient (Wildman–Crippen LogP) is 3.71. The van der Waals surface area contributed by atoms with Crippen molar-refractivity contribution in [1.82, 2.24) is 5.32 Å². The van der Waals surface area contributed by atoms with Crippen LogP contribution in [0.5, 0.6) is 0 Å². The summed E-state index contributed by atoms with van der Waals surface area (Å²) in [5.41, 5.74) is 0.288. The molecule has 1 fully saturated rings. The van der Waals surface area contributed by atoms with Crippen LogP contribution in [0.3, 0.4) is 0 Å². The zero-order valence-corrected chi connectivity index (χ0v) is 11.7. The molecule has 1 unspecified atom stereocenters. The Morgan fingerprint density at radius 3 is 2.19 bits per heavy atom. The molecule has 1 saturated heterocycles. The number of rotatable bonds is 4. The lowest BCUT2D eigenvalue weighted by Crippen LogP contribution is -2.60. The van der Waals surface area contributed by atoms with E-state index in [4.69, 9.17) is 4.74 Å². The monoisotopic (exact) mass is 227 g/mol. The van der Waals surface area contributed by atoms with Crippen molar-refractivity contribution in [3.8, 4) is 0 Å². The second-order valence-corrected chi connectivity index (χ2v) is 6.19. The van der Waals surface area contributed by atoms with Crippen LogP contribution in [0, 0.1) is 5.41 Å². The summed E-state index contributed by atoms with van der Waals surface area (Å²) < 4.78 is 6.06. The van der Waals surface area contributed by atoms with Gasteiger partial charge in [0.15, 0.2) is 0 Å². The largest absolute Gasteiger partial charge is 0.361 e. The molecule has 1 rings (SSSR count). The minimum atomic E-state index is -0.0420. The van der Waals surface area contributed by atoms with E-state index < -0.39 is 0 Å². The summed E-state index contributed by atoms with van der Waals surface area (Å²) >= 11 is 0. The molecule has 0 aromatic rings. The maximum Gasteiger partial charge on any atom is 0.119 e. The molecule has 0 aromatic heterocycles. The minimum absolute atomic E-state index is 0.0420. The van der Waals surface area contributed by atoms with E-state index in [1.165, 1.54) is 12.8 Å². The molecule has 0 spiro atoms. The summed E-state index contributed by atoms with van der Waals surface area (Å²) in [6.07, 6.45) is 5.77. The van der Waals surface area contributed by atoms with E-state index in [-0.39, 0.29) is 5.72 Å². The van der Waals surface area contributed by atoms with E-state index in [2.05, 4.69) is 39.9 Å². The van der Waals surface area contributed by atoms with Gasteiger partial charge in [-0.1, -0.05) is 47.5 Å². The van der Waals surface area contributed by atoms with E-state index in [9.17, 15) is 0 Å². The Kier molecular flexibility index (Phi) is 4.81. The SMILES string of the molecule is CCCC1(CCC)NC(C(C)(C)C)CCO1. The van der Waals surface area contributed by atoms with Crippen molar-refractivity contribution >= 4 is 0 Å². The lowest BCUT2D eigenvalue weighted by atomic mass is 9.82. The Hall–Kier alpha value is -0.0800. The van der Waals surface area contributed by atoms with Crippen LogP contribution < -0.4 is 5.32 Å². The molecule has 0 saturated carbocycles. The van der Waals surface area contributed by atoms with Gasteiger partial charge in [-0.05, 0) is 24.7 Å². The first-order chi connectivity index (χ1) is 7.43. The van der Waals surface area contributed by atoms with Crippen molar-refractivity contribution < 1.29 is 4.74 Å². The van der Waals surface area contributed by atoms with Crippen LogP contribution in [0.2, 0.25) is 0 Å². The van der Waals surface area contributed by atoms with Gasteiger partial charge in [0, 0.05) is 6.04 Å². The molecule has 0 bridgehead atoms. The third-order valence-corrected chi connectivity index (χ3v) is 3.58. The van der Waals surface area contributed by atoms with E-state index in [1.807, 2.05) is 0 Å². The second kappa shape index (κ2) is 5.50. The van der Waals surface area contributed by atoms with Crippen LogP contribution in [0.4, 0.5) is 0 Å². The molecular weight excluding hydrogens is 198 g/mol. The highest BCUT2D eigenvalue weighted by Crippen LogP contribution is 2.32. The molecular formula is C14H29NO. The Morgan fingerprint density at radius 1 is 1.19 bits per heavy atom. The number of ether oxygens (including phenoxy) is 1. The van der Waals surface area contributed by atoms with Gasteiger partial charge in [-0.3, -0.25) is 5.32 Å². The van der Waals surface area contributed by atoms with Crippen molar-refractivity contribution in [2.75, 3.05) is 6.61 Å². The van der Waals surface area contributed by atoms with Gasteiger partial charge in [0.25, 0.3) is 0 Å². The second-order valence-electron chi connectivity index (χ2n) is 6.19. The number of nitrogens with one attached hydrogen (secondary N) is 1. The molecule has 1 aliphatic heterocycles. The van der Waals surface area contributed by atoms with E-state index >= 15 is 0 Å². The maximum atomic E-state index is 6.06. The van der Waals surface area contributed by atoms with Gasteiger partial charge in [-0.2, -0.15) is 0 Å². The number of hydrogen-bond acceptors (Lipinski definition) is 2. The summed E-state index contributed by atoms with van der Waals surface area (Å²) in [5.74, 6) is 0. The summed E-state index contributed by atoms with van der Waals surface area (Å²) in [4.78, 5) is 0. The van der Waals surface area contributed by atoms with E-state index in [0.29, 0.717) is 11.5 Å². The smallest absolute Gasteiger partial charge is 0.119 e. The molecule has 2 heteroatoms. The Bertz CT molecular complexity index is 196. The zero-order valence-electron chi connectivity index (χ0n) is 11.7. The molecule has 0 amide bonds. The minimum Gasteiger partial charge on any atom is -0.361 e. The summed E-state index contributed by atoms with van der Waals surface area (Å²) in [6, 6.07) is 0.583. The number of hydrogen-bond donors (Lipinski definition) is 1. The lowest BCUT2D eigenvalue weighted by Gasteiger charge is -2.46. The highest BCUT2D eigenvalue weighted by Gasteiger charge is 2.39. The molecule has 2 nitrogen and oxygen atoms in total. The van der Waals surface area contributed by atoms with Gasteiger partial charge in [0.2, 0.25) is 0 Å². The van der Waals surface area contributed by atoms with Crippen molar-refractivity contribution in [2.24, 2.45) is 5.41 Å². The topological polar surface area (TPSA) is 21.3 Å². The highest BCUT2D eigenvalue weighted by molar-refractivity contribution is 4.91. The van der Waals surface area contributed by atoms with Crippen molar-refractivity contribution in [1.29, 1.82) is 0 Å². The van der Waals surface area contributed by atoms with Crippen LogP contribution in [0.1, 0.15) is 66.7 Å². The first-order valence-electron chi connectivity index (χ1n) is 6.85. The molecule has 96 valence electrons. The summed E-state index contributed by atoms with van der Waals surface area (Å²) in [6.45, 7) is 12.3. The van der Waals surface area contributed by atoms with E-state index in [1.54, 1.807) is 0 Å². The quantitative estimate of drug-likeness (QED) is 0.790. The molecule has 16 heavy (non-hydrogen) atoms.